The Hall–Kier alpha value is -1.56. The number of halogens is 2. The highest BCUT2D eigenvalue weighted by Crippen LogP contribution is 2.48. The summed E-state index contributed by atoms with van der Waals surface area (Å²) in [5, 5.41) is 4.31. The zero-order chi connectivity index (χ0) is 16.9. The van der Waals surface area contributed by atoms with Crippen LogP contribution in [-0.4, -0.2) is 34.5 Å². The zero-order valence-corrected chi connectivity index (χ0v) is 14.5. The van der Waals surface area contributed by atoms with Crippen LogP contribution in [0.3, 0.4) is 0 Å². The van der Waals surface area contributed by atoms with E-state index in [-0.39, 0.29) is 5.91 Å². The molecule has 2 aliphatic heterocycles. The van der Waals surface area contributed by atoms with Crippen LogP contribution in [0.15, 0.2) is 30.0 Å². The molecule has 1 aromatic carbocycles. The summed E-state index contributed by atoms with van der Waals surface area (Å²) in [4.78, 5) is 24.5. The third-order valence-electron chi connectivity index (χ3n) is 4.17. The lowest BCUT2D eigenvalue weighted by atomic mass is 9.93. The molecule has 2 aliphatic rings. The number of ether oxygens (including phenoxy) is 1. The van der Waals surface area contributed by atoms with Gasteiger partial charge in [0, 0.05) is 28.2 Å². The highest BCUT2D eigenvalue weighted by atomic mass is 35.5. The van der Waals surface area contributed by atoms with Crippen molar-refractivity contribution in [3.63, 3.8) is 0 Å². The minimum absolute atomic E-state index is 0.0658. The number of esters is 1. The molecule has 0 spiro atoms. The summed E-state index contributed by atoms with van der Waals surface area (Å²) in [5.74, 6) is -0.553. The van der Waals surface area contributed by atoms with Crippen LogP contribution in [0.4, 0.5) is 0 Å². The number of carbonyl (C=O) groups is 2. The molecule has 0 aromatic heterocycles. The fourth-order valence-electron chi connectivity index (χ4n) is 3.19. The summed E-state index contributed by atoms with van der Waals surface area (Å²) in [7, 11) is 1.31. The van der Waals surface area contributed by atoms with Gasteiger partial charge in [-0.2, -0.15) is 5.01 Å². The number of rotatable bonds is 2. The number of methoxy groups -OCH3 is 1. The van der Waals surface area contributed by atoms with E-state index in [9.17, 15) is 9.59 Å². The standard InChI is InChI=1S/C16H16Cl2N2O3/c1-16(2)7-13(21)19-8-11(15(22)23-3)14(20(16)19)10-5-4-9(17)6-12(10)18/h4-6,8,14H,7H2,1-3H3. The largest absolute Gasteiger partial charge is 0.466 e. The Bertz CT molecular complexity index is 730. The molecule has 1 saturated heterocycles. The maximum Gasteiger partial charge on any atom is 0.337 e. The first-order chi connectivity index (χ1) is 10.8. The number of amides is 1. The number of hydrogen-bond donors (Lipinski definition) is 0. The highest BCUT2D eigenvalue weighted by Gasteiger charge is 2.53. The smallest absolute Gasteiger partial charge is 0.337 e. The van der Waals surface area contributed by atoms with E-state index in [2.05, 4.69) is 0 Å². The third-order valence-corrected chi connectivity index (χ3v) is 4.73. The first-order valence-corrected chi connectivity index (χ1v) is 7.88. The number of hydrazine groups is 1. The van der Waals surface area contributed by atoms with Gasteiger partial charge in [0.1, 0.15) is 0 Å². The molecule has 1 amide bonds. The monoisotopic (exact) mass is 354 g/mol. The molecule has 2 heterocycles. The van der Waals surface area contributed by atoms with E-state index in [1.165, 1.54) is 12.1 Å². The van der Waals surface area contributed by atoms with E-state index in [0.717, 1.165) is 0 Å². The highest BCUT2D eigenvalue weighted by molar-refractivity contribution is 6.35. The molecular weight excluding hydrogens is 339 g/mol. The second-order valence-corrected chi connectivity index (χ2v) is 7.06. The normalized spacial score (nSPS) is 23.0. The van der Waals surface area contributed by atoms with Crippen molar-refractivity contribution in [2.75, 3.05) is 7.11 Å². The van der Waals surface area contributed by atoms with Gasteiger partial charge in [0.05, 0.1) is 18.7 Å². The second-order valence-electron chi connectivity index (χ2n) is 6.22. The van der Waals surface area contributed by atoms with Crippen LogP contribution in [0.2, 0.25) is 10.0 Å². The van der Waals surface area contributed by atoms with Crippen LogP contribution in [0, 0.1) is 0 Å². The Kier molecular flexibility index (Phi) is 3.91. The summed E-state index contributed by atoms with van der Waals surface area (Å²) in [6.45, 7) is 3.91. The summed E-state index contributed by atoms with van der Waals surface area (Å²) < 4.78 is 4.88. The molecule has 0 radical (unpaired) electrons. The molecule has 0 N–H and O–H groups in total. The van der Waals surface area contributed by atoms with Gasteiger partial charge in [-0.3, -0.25) is 4.79 Å². The zero-order valence-electron chi connectivity index (χ0n) is 13.0. The van der Waals surface area contributed by atoms with Crippen LogP contribution >= 0.6 is 23.2 Å². The van der Waals surface area contributed by atoms with Gasteiger partial charge in [-0.15, -0.1) is 0 Å². The molecule has 122 valence electrons. The first kappa shape index (κ1) is 16.3. The summed E-state index contributed by atoms with van der Waals surface area (Å²) >= 11 is 12.3. The predicted octanol–water partition coefficient (Wildman–Crippen LogP) is 3.33. The van der Waals surface area contributed by atoms with E-state index in [1.807, 2.05) is 18.9 Å². The lowest BCUT2D eigenvalue weighted by molar-refractivity contribution is -0.138. The fraction of sp³-hybridized carbons (Fsp3) is 0.375. The van der Waals surface area contributed by atoms with Crippen molar-refractivity contribution < 1.29 is 14.3 Å². The molecule has 0 bridgehead atoms. The van der Waals surface area contributed by atoms with Gasteiger partial charge in [-0.05, 0) is 31.5 Å². The Morgan fingerprint density at radius 2 is 2.04 bits per heavy atom. The fourth-order valence-corrected chi connectivity index (χ4v) is 3.70. The molecule has 23 heavy (non-hydrogen) atoms. The van der Waals surface area contributed by atoms with Crippen molar-refractivity contribution in [1.82, 2.24) is 10.0 Å². The number of fused-ring (bicyclic) bond motifs is 1. The Morgan fingerprint density at radius 3 is 2.65 bits per heavy atom. The number of benzene rings is 1. The van der Waals surface area contributed by atoms with Crippen molar-refractivity contribution in [1.29, 1.82) is 0 Å². The van der Waals surface area contributed by atoms with Gasteiger partial charge in [0.2, 0.25) is 5.91 Å². The van der Waals surface area contributed by atoms with Gasteiger partial charge >= 0.3 is 5.97 Å². The average Bonchev–Trinajstić information content (AvgIpc) is 2.96. The van der Waals surface area contributed by atoms with E-state index in [0.29, 0.717) is 27.6 Å². The molecule has 0 saturated carbocycles. The van der Waals surface area contributed by atoms with Gasteiger partial charge in [0.15, 0.2) is 0 Å². The van der Waals surface area contributed by atoms with E-state index in [1.54, 1.807) is 24.4 Å². The minimum Gasteiger partial charge on any atom is -0.466 e. The van der Waals surface area contributed by atoms with Crippen LogP contribution in [-0.2, 0) is 14.3 Å². The molecular formula is C16H16Cl2N2O3. The number of hydrogen-bond acceptors (Lipinski definition) is 4. The van der Waals surface area contributed by atoms with Gasteiger partial charge in [-0.25, -0.2) is 9.80 Å². The summed E-state index contributed by atoms with van der Waals surface area (Å²) in [5.41, 5.74) is 0.632. The predicted molar refractivity (Wildman–Crippen MR) is 86.7 cm³/mol. The number of carbonyl (C=O) groups excluding carboxylic acids is 2. The third kappa shape index (κ3) is 2.53. The van der Waals surface area contributed by atoms with E-state index >= 15 is 0 Å². The van der Waals surface area contributed by atoms with Crippen molar-refractivity contribution in [2.45, 2.75) is 31.8 Å². The molecule has 7 heteroatoms. The van der Waals surface area contributed by atoms with Gasteiger partial charge < -0.3 is 4.74 Å². The topological polar surface area (TPSA) is 49.9 Å². The van der Waals surface area contributed by atoms with Crippen molar-refractivity contribution in [3.05, 3.63) is 45.6 Å². The molecule has 1 fully saturated rings. The lowest BCUT2D eigenvalue weighted by Crippen LogP contribution is -2.44. The molecule has 1 aromatic rings. The Morgan fingerprint density at radius 1 is 1.35 bits per heavy atom. The average molecular weight is 355 g/mol. The molecule has 0 aliphatic carbocycles. The quantitative estimate of drug-likeness (QED) is 0.764. The summed E-state index contributed by atoms with van der Waals surface area (Å²) in [6.07, 6.45) is 1.90. The summed E-state index contributed by atoms with van der Waals surface area (Å²) in [6, 6.07) is 4.62. The van der Waals surface area contributed by atoms with Gasteiger partial charge in [-0.1, -0.05) is 29.3 Å². The Balaban J connectivity index is 2.15. The van der Waals surface area contributed by atoms with Crippen molar-refractivity contribution in [2.24, 2.45) is 0 Å². The minimum atomic E-state index is -0.492. The molecule has 3 rings (SSSR count). The van der Waals surface area contributed by atoms with Crippen LogP contribution in [0.1, 0.15) is 31.9 Å². The van der Waals surface area contributed by atoms with Crippen LogP contribution < -0.4 is 0 Å². The van der Waals surface area contributed by atoms with Crippen molar-refractivity contribution in [3.8, 4) is 0 Å². The maximum absolute atomic E-state index is 12.3. The second kappa shape index (κ2) is 5.51. The van der Waals surface area contributed by atoms with Crippen LogP contribution in [0.5, 0.6) is 0 Å². The molecule has 1 unspecified atom stereocenters. The Labute approximate surface area is 144 Å². The van der Waals surface area contributed by atoms with Crippen molar-refractivity contribution >= 4 is 35.1 Å². The van der Waals surface area contributed by atoms with E-state index in [4.69, 9.17) is 27.9 Å². The maximum atomic E-state index is 12.3. The SMILES string of the molecule is COC(=O)C1=CN2C(=O)CC(C)(C)N2C1c1ccc(Cl)cc1Cl. The van der Waals surface area contributed by atoms with E-state index < -0.39 is 17.6 Å². The number of nitrogens with zero attached hydrogens (tertiary/aromatic N) is 2. The molecule has 5 nitrogen and oxygen atoms in total. The lowest BCUT2D eigenvalue weighted by Gasteiger charge is -2.36. The van der Waals surface area contributed by atoms with Crippen LogP contribution in [0.25, 0.3) is 0 Å². The molecule has 1 atom stereocenters. The van der Waals surface area contributed by atoms with Gasteiger partial charge in [0.25, 0.3) is 0 Å². The first-order valence-electron chi connectivity index (χ1n) is 7.12.